The van der Waals surface area contributed by atoms with Crippen LogP contribution in [0.25, 0.3) is 0 Å². The number of rotatable bonds is 3. The topological polar surface area (TPSA) is 77.0 Å². The zero-order chi connectivity index (χ0) is 12.4. The van der Waals surface area contributed by atoms with Gasteiger partial charge >= 0.3 is 0 Å². The number of nitrogens with two attached hydrogens (primary N) is 1. The molecule has 0 bridgehead atoms. The average Bonchev–Trinajstić information content (AvgIpc) is 2.77. The van der Waals surface area contributed by atoms with Crippen LogP contribution >= 0.6 is 0 Å². The highest BCUT2D eigenvalue weighted by atomic mass is 16.3. The molecule has 17 heavy (non-hydrogen) atoms. The normalized spacial score (nSPS) is 12.6. The molecule has 90 valence electrons. The van der Waals surface area contributed by atoms with Gasteiger partial charge in [0.05, 0.1) is 6.20 Å². The maximum absolute atomic E-state index is 10.3. The second-order valence-corrected chi connectivity index (χ2v) is 3.96. The van der Waals surface area contributed by atoms with Crippen molar-refractivity contribution in [3.8, 4) is 0 Å². The fourth-order valence-corrected chi connectivity index (χ4v) is 1.81. The summed E-state index contributed by atoms with van der Waals surface area (Å²) in [5.74, 6) is 0.363. The lowest BCUT2D eigenvalue weighted by Gasteiger charge is -2.13. The van der Waals surface area contributed by atoms with Gasteiger partial charge in [-0.1, -0.05) is 0 Å². The molecule has 3 N–H and O–H groups in total. The second-order valence-electron chi connectivity index (χ2n) is 3.96. The van der Waals surface area contributed by atoms with Crippen LogP contribution in [0.5, 0.6) is 0 Å². The maximum atomic E-state index is 10.3. The van der Waals surface area contributed by atoms with Crippen molar-refractivity contribution in [2.24, 2.45) is 0 Å². The van der Waals surface area contributed by atoms with Gasteiger partial charge in [-0.15, -0.1) is 0 Å². The predicted molar refractivity (Wildman–Crippen MR) is 65.3 cm³/mol. The Hall–Kier alpha value is -1.88. The molecule has 0 fully saturated rings. The zero-order valence-corrected chi connectivity index (χ0v) is 9.96. The molecule has 0 radical (unpaired) electrons. The van der Waals surface area contributed by atoms with Gasteiger partial charge in [0.1, 0.15) is 11.9 Å². The average molecular weight is 232 g/mol. The molecule has 0 aliphatic carbocycles. The Labute approximate surface area is 99.9 Å². The first-order valence-corrected chi connectivity index (χ1v) is 5.55. The Kier molecular flexibility index (Phi) is 3.10. The summed E-state index contributed by atoms with van der Waals surface area (Å²) in [5, 5.41) is 14.4. The van der Waals surface area contributed by atoms with Gasteiger partial charge in [-0.05, 0) is 25.5 Å². The summed E-state index contributed by atoms with van der Waals surface area (Å²) in [6.45, 7) is 4.67. The summed E-state index contributed by atoms with van der Waals surface area (Å²) in [6, 6.07) is 1.83. The molecule has 0 spiro atoms. The number of aromatic nitrogens is 3. The SMILES string of the molecule is CCn1cc(C(O)c2c(C)ccnc2N)cn1. The van der Waals surface area contributed by atoms with E-state index in [0.29, 0.717) is 11.4 Å². The fourth-order valence-electron chi connectivity index (χ4n) is 1.81. The lowest BCUT2D eigenvalue weighted by molar-refractivity contribution is 0.220. The third-order valence-electron chi connectivity index (χ3n) is 2.81. The third-order valence-corrected chi connectivity index (χ3v) is 2.81. The van der Waals surface area contributed by atoms with Crippen LogP contribution in [0.2, 0.25) is 0 Å². The van der Waals surface area contributed by atoms with Gasteiger partial charge < -0.3 is 10.8 Å². The first-order valence-electron chi connectivity index (χ1n) is 5.55. The van der Waals surface area contributed by atoms with E-state index in [1.165, 1.54) is 0 Å². The van der Waals surface area contributed by atoms with E-state index >= 15 is 0 Å². The molecule has 0 aliphatic heterocycles. The molecule has 0 aliphatic rings. The van der Waals surface area contributed by atoms with Crippen LogP contribution in [0.3, 0.4) is 0 Å². The van der Waals surface area contributed by atoms with Gasteiger partial charge in [-0.3, -0.25) is 4.68 Å². The molecule has 1 unspecified atom stereocenters. The quantitative estimate of drug-likeness (QED) is 0.835. The standard InChI is InChI=1S/C12H16N4O/c1-3-16-7-9(6-15-16)11(17)10-8(2)4-5-14-12(10)13/h4-7,11,17H,3H2,1-2H3,(H2,13,14). The molecule has 0 aromatic carbocycles. The van der Waals surface area contributed by atoms with E-state index in [0.717, 1.165) is 17.7 Å². The lowest BCUT2D eigenvalue weighted by Crippen LogP contribution is -2.07. The summed E-state index contributed by atoms with van der Waals surface area (Å²) < 4.78 is 1.76. The lowest BCUT2D eigenvalue weighted by atomic mass is 10.0. The first kappa shape index (κ1) is 11.6. The number of aliphatic hydroxyl groups excluding tert-OH is 1. The number of hydrogen-bond acceptors (Lipinski definition) is 4. The highest BCUT2D eigenvalue weighted by Crippen LogP contribution is 2.27. The van der Waals surface area contributed by atoms with E-state index in [-0.39, 0.29) is 0 Å². The minimum absolute atomic E-state index is 0.363. The highest BCUT2D eigenvalue weighted by molar-refractivity contribution is 5.48. The predicted octanol–water partition coefficient (Wildman–Crippen LogP) is 1.27. The van der Waals surface area contributed by atoms with Crippen LogP contribution in [-0.2, 0) is 6.54 Å². The Morgan fingerprint density at radius 2 is 2.29 bits per heavy atom. The van der Waals surface area contributed by atoms with Crippen molar-refractivity contribution in [1.29, 1.82) is 0 Å². The van der Waals surface area contributed by atoms with Crippen molar-refractivity contribution in [1.82, 2.24) is 14.8 Å². The summed E-state index contributed by atoms with van der Waals surface area (Å²) in [5.41, 5.74) is 8.11. The smallest absolute Gasteiger partial charge is 0.129 e. The van der Waals surface area contributed by atoms with Crippen LogP contribution in [-0.4, -0.2) is 19.9 Å². The minimum atomic E-state index is -0.774. The second kappa shape index (κ2) is 4.55. The first-order chi connectivity index (χ1) is 8.13. The number of pyridine rings is 1. The maximum Gasteiger partial charge on any atom is 0.129 e. The molecule has 5 nitrogen and oxygen atoms in total. The largest absolute Gasteiger partial charge is 0.383 e. The van der Waals surface area contributed by atoms with Gasteiger partial charge in [0.2, 0.25) is 0 Å². The van der Waals surface area contributed by atoms with Crippen LogP contribution in [0, 0.1) is 6.92 Å². The molecule has 2 aromatic rings. The number of nitrogen functional groups attached to an aromatic ring is 1. The van der Waals surface area contributed by atoms with Crippen LogP contribution < -0.4 is 5.73 Å². The molecule has 0 amide bonds. The van der Waals surface area contributed by atoms with Crippen molar-refractivity contribution in [2.75, 3.05) is 5.73 Å². The third kappa shape index (κ3) is 2.14. The summed E-state index contributed by atoms with van der Waals surface area (Å²) in [7, 11) is 0. The molecule has 1 atom stereocenters. The molecule has 0 saturated heterocycles. The Bertz CT molecular complexity index is 501. The van der Waals surface area contributed by atoms with E-state index in [4.69, 9.17) is 5.73 Å². The zero-order valence-electron chi connectivity index (χ0n) is 9.96. The van der Waals surface area contributed by atoms with Gasteiger partial charge in [0.15, 0.2) is 0 Å². The number of aliphatic hydroxyl groups is 1. The van der Waals surface area contributed by atoms with Crippen molar-refractivity contribution >= 4 is 5.82 Å². The molecule has 5 heteroatoms. The van der Waals surface area contributed by atoms with Crippen molar-refractivity contribution in [2.45, 2.75) is 26.5 Å². The minimum Gasteiger partial charge on any atom is -0.383 e. The molecule has 2 heterocycles. The number of nitrogens with zero attached hydrogens (tertiary/aromatic N) is 3. The summed E-state index contributed by atoms with van der Waals surface area (Å²) >= 11 is 0. The van der Waals surface area contributed by atoms with E-state index < -0.39 is 6.10 Å². The van der Waals surface area contributed by atoms with Gasteiger partial charge in [-0.25, -0.2) is 4.98 Å². The van der Waals surface area contributed by atoms with Crippen molar-refractivity contribution in [3.63, 3.8) is 0 Å². The number of anilines is 1. The van der Waals surface area contributed by atoms with Gasteiger partial charge in [0.25, 0.3) is 0 Å². The van der Waals surface area contributed by atoms with Gasteiger partial charge in [-0.2, -0.15) is 5.10 Å². The molecule has 0 saturated carbocycles. The Balaban J connectivity index is 2.39. The summed E-state index contributed by atoms with van der Waals surface area (Å²) in [4.78, 5) is 4.00. The molecular formula is C12H16N4O. The highest BCUT2D eigenvalue weighted by Gasteiger charge is 2.18. The number of aryl methyl sites for hydroxylation is 2. The molecular weight excluding hydrogens is 216 g/mol. The van der Waals surface area contributed by atoms with Crippen molar-refractivity contribution in [3.05, 3.63) is 41.3 Å². The van der Waals surface area contributed by atoms with Crippen LogP contribution in [0.15, 0.2) is 24.7 Å². The van der Waals surface area contributed by atoms with Crippen molar-refractivity contribution < 1.29 is 5.11 Å². The van der Waals surface area contributed by atoms with Crippen LogP contribution in [0.1, 0.15) is 29.7 Å². The number of hydrogen-bond donors (Lipinski definition) is 2. The van der Waals surface area contributed by atoms with E-state index in [1.54, 1.807) is 17.1 Å². The monoisotopic (exact) mass is 232 g/mol. The Morgan fingerprint density at radius 1 is 1.53 bits per heavy atom. The molecule has 2 aromatic heterocycles. The Morgan fingerprint density at radius 3 is 2.88 bits per heavy atom. The van der Waals surface area contributed by atoms with Gasteiger partial charge in [0, 0.05) is 30.1 Å². The van der Waals surface area contributed by atoms with Crippen LogP contribution in [0.4, 0.5) is 5.82 Å². The molecule has 2 rings (SSSR count). The van der Waals surface area contributed by atoms with E-state index in [1.807, 2.05) is 26.1 Å². The van der Waals surface area contributed by atoms with E-state index in [2.05, 4.69) is 10.1 Å². The fraction of sp³-hybridized carbons (Fsp3) is 0.333. The van der Waals surface area contributed by atoms with E-state index in [9.17, 15) is 5.11 Å². The summed E-state index contributed by atoms with van der Waals surface area (Å²) in [6.07, 6.45) is 4.33.